The fourth-order valence-corrected chi connectivity index (χ4v) is 2.94. The third-order valence-corrected chi connectivity index (χ3v) is 4.05. The minimum Gasteiger partial charge on any atom is -0.289 e. The van der Waals surface area contributed by atoms with E-state index >= 15 is 0 Å². The lowest BCUT2D eigenvalue weighted by Gasteiger charge is -2.16. The maximum atomic E-state index is 13.3. The smallest absolute Gasteiger partial charge is 0.185 e. The average molecular weight is 306 g/mol. The quantitative estimate of drug-likeness (QED) is 0.683. The van der Waals surface area contributed by atoms with E-state index in [-0.39, 0.29) is 11.6 Å². The predicted molar refractivity (Wildman–Crippen MR) is 92.4 cm³/mol. The lowest BCUT2D eigenvalue weighted by molar-refractivity contribution is -0.112. The Morgan fingerprint density at radius 3 is 2.13 bits per heavy atom. The third-order valence-electron chi connectivity index (χ3n) is 4.05. The van der Waals surface area contributed by atoms with Crippen molar-refractivity contribution in [2.45, 2.75) is 26.2 Å². The van der Waals surface area contributed by atoms with Gasteiger partial charge in [0.15, 0.2) is 5.78 Å². The van der Waals surface area contributed by atoms with Gasteiger partial charge < -0.3 is 0 Å². The Hall–Kier alpha value is -2.48. The van der Waals surface area contributed by atoms with E-state index in [1.165, 1.54) is 17.7 Å². The highest BCUT2D eigenvalue weighted by Gasteiger charge is 2.20. The molecule has 2 aromatic carbocycles. The van der Waals surface area contributed by atoms with Crippen LogP contribution in [0.2, 0.25) is 0 Å². The Morgan fingerprint density at radius 2 is 1.52 bits per heavy atom. The topological polar surface area (TPSA) is 17.1 Å². The zero-order chi connectivity index (χ0) is 16.2. The highest BCUT2D eigenvalue weighted by molar-refractivity contribution is 6.13. The van der Waals surface area contributed by atoms with Gasteiger partial charge in [-0.2, -0.15) is 0 Å². The average Bonchev–Trinajstić information content (AvgIpc) is 2.51. The van der Waals surface area contributed by atoms with Crippen LogP contribution >= 0.6 is 0 Å². The molecule has 0 aliphatic heterocycles. The standard InChI is InChI=1S/C21H19FO/c1-15-5-2-6-16(11-15)12-18-8-4-9-19(21(18)23)13-17-7-3-10-20(22)14-17/h2-3,5-7,10-14H,4,8-9H2,1H3/b18-12+,19-13+. The third kappa shape index (κ3) is 3.84. The molecule has 1 fully saturated rings. The first-order chi connectivity index (χ1) is 11.1. The predicted octanol–water partition coefficient (Wildman–Crippen LogP) is 5.35. The van der Waals surface area contributed by atoms with Crippen molar-refractivity contribution in [1.29, 1.82) is 0 Å². The number of aryl methyl sites for hydroxylation is 1. The van der Waals surface area contributed by atoms with Crippen molar-refractivity contribution in [3.63, 3.8) is 0 Å². The fraction of sp³-hybridized carbons (Fsp3) is 0.190. The summed E-state index contributed by atoms with van der Waals surface area (Å²) in [5, 5.41) is 0. The SMILES string of the molecule is Cc1cccc(/C=C2\CCC/C(=C\c3cccc(F)c3)C2=O)c1. The van der Waals surface area contributed by atoms with E-state index in [2.05, 4.69) is 6.07 Å². The van der Waals surface area contributed by atoms with Crippen molar-refractivity contribution in [2.24, 2.45) is 0 Å². The number of rotatable bonds is 2. The number of halogens is 1. The summed E-state index contributed by atoms with van der Waals surface area (Å²) >= 11 is 0. The van der Waals surface area contributed by atoms with Crippen LogP contribution in [0.1, 0.15) is 36.0 Å². The maximum absolute atomic E-state index is 13.3. The minimum absolute atomic E-state index is 0.0852. The number of allylic oxidation sites excluding steroid dienone is 2. The van der Waals surface area contributed by atoms with Crippen molar-refractivity contribution < 1.29 is 9.18 Å². The van der Waals surface area contributed by atoms with Crippen LogP contribution in [0.15, 0.2) is 59.7 Å². The Labute approximate surface area is 136 Å². The number of hydrogen-bond donors (Lipinski definition) is 0. The number of carbonyl (C=O) groups excluding carboxylic acids is 1. The number of ketones is 1. The summed E-state index contributed by atoms with van der Waals surface area (Å²) in [5.74, 6) is -0.194. The van der Waals surface area contributed by atoms with E-state index in [1.807, 2.05) is 43.3 Å². The zero-order valence-corrected chi connectivity index (χ0v) is 13.2. The summed E-state index contributed by atoms with van der Waals surface area (Å²) in [6.07, 6.45) is 6.29. The summed E-state index contributed by atoms with van der Waals surface area (Å²) in [6.45, 7) is 2.04. The lowest BCUT2D eigenvalue weighted by Crippen LogP contribution is -2.12. The van der Waals surface area contributed by atoms with Crippen LogP contribution < -0.4 is 0 Å². The van der Waals surface area contributed by atoms with Crippen molar-refractivity contribution >= 4 is 17.9 Å². The molecule has 2 heteroatoms. The molecule has 23 heavy (non-hydrogen) atoms. The molecular weight excluding hydrogens is 287 g/mol. The second kappa shape index (κ2) is 6.74. The van der Waals surface area contributed by atoms with Crippen LogP contribution in [0.4, 0.5) is 4.39 Å². The second-order valence-electron chi connectivity index (χ2n) is 5.99. The maximum Gasteiger partial charge on any atom is 0.185 e. The van der Waals surface area contributed by atoms with Crippen molar-refractivity contribution in [1.82, 2.24) is 0 Å². The van der Waals surface area contributed by atoms with Crippen LogP contribution in [0, 0.1) is 12.7 Å². The lowest BCUT2D eigenvalue weighted by atomic mass is 9.87. The van der Waals surface area contributed by atoms with Gasteiger partial charge in [-0.3, -0.25) is 4.79 Å². The second-order valence-corrected chi connectivity index (χ2v) is 5.99. The summed E-state index contributed by atoms with van der Waals surface area (Å²) < 4.78 is 13.3. The Balaban J connectivity index is 1.89. The monoisotopic (exact) mass is 306 g/mol. The van der Waals surface area contributed by atoms with Crippen LogP contribution in [0.5, 0.6) is 0 Å². The molecule has 0 heterocycles. The van der Waals surface area contributed by atoms with Crippen LogP contribution in [-0.4, -0.2) is 5.78 Å². The number of benzene rings is 2. The van der Waals surface area contributed by atoms with Crippen LogP contribution in [-0.2, 0) is 4.79 Å². The first-order valence-electron chi connectivity index (χ1n) is 7.90. The van der Waals surface area contributed by atoms with Gasteiger partial charge in [0.25, 0.3) is 0 Å². The van der Waals surface area contributed by atoms with E-state index < -0.39 is 0 Å². The van der Waals surface area contributed by atoms with E-state index in [0.717, 1.165) is 41.5 Å². The van der Waals surface area contributed by atoms with Crippen molar-refractivity contribution in [3.05, 3.63) is 82.2 Å². The number of Topliss-reactive ketones (excluding diaryl/α,β-unsaturated/α-hetero) is 1. The van der Waals surface area contributed by atoms with Gasteiger partial charge in [-0.1, -0.05) is 42.0 Å². The molecule has 1 nitrogen and oxygen atoms in total. The molecule has 0 spiro atoms. The molecule has 0 bridgehead atoms. The van der Waals surface area contributed by atoms with Gasteiger partial charge in [-0.25, -0.2) is 4.39 Å². The van der Waals surface area contributed by atoms with Gasteiger partial charge in [0, 0.05) is 11.1 Å². The van der Waals surface area contributed by atoms with Gasteiger partial charge in [0.2, 0.25) is 0 Å². The highest BCUT2D eigenvalue weighted by Crippen LogP contribution is 2.28. The molecule has 0 aromatic heterocycles. The summed E-state index contributed by atoms with van der Waals surface area (Å²) in [7, 11) is 0. The molecular formula is C21H19FO. The first-order valence-corrected chi connectivity index (χ1v) is 7.90. The Kier molecular flexibility index (Phi) is 4.52. The molecule has 0 radical (unpaired) electrons. The molecule has 0 amide bonds. The normalized spacial score (nSPS) is 18.6. The first kappa shape index (κ1) is 15.4. The van der Waals surface area contributed by atoms with E-state index in [9.17, 15) is 9.18 Å². The molecule has 1 aliphatic rings. The molecule has 0 N–H and O–H groups in total. The summed E-state index contributed by atoms with van der Waals surface area (Å²) in [4.78, 5) is 12.7. The van der Waals surface area contributed by atoms with Crippen molar-refractivity contribution in [3.8, 4) is 0 Å². The van der Waals surface area contributed by atoms with Gasteiger partial charge in [0.05, 0.1) is 0 Å². The largest absolute Gasteiger partial charge is 0.289 e. The minimum atomic E-state index is -0.280. The number of hydrogen-bond acceptors (Lipinski definition) is 1. The molecule has 0 unspecified atom stereocenters. The Morgan fingerprint density at radius 1 is 0.913 bits per heavy atom. The van der Waals surface area contributed by atoms with Crippen LogP contribution in [0.25, 0.3) is 12.2 Å². The van der Waals surface area contributed by atoms with Gasteiger partial charge >= 0.3 is 0 Å². The molecule has 116 valence electrons. The van der Waals surface area contributed by atoms with E-state index in [1.54, 1.807) is 6.07 Å². The number of carbonyl (C=O) groups is 1. The summed E-state index contributed by atoms with van der Waals surface area (Å²) in [5.41, 5.74) is 4.58. The molecule has 0 saturated heterocycles. The Bertz CT molecular complexity index is 733. The van der Waals surface area contributed by atoms with E-state index in [0.29, 0.717) is 0 Å². The molecule has 1 saturated carbocycles. The molecule has 3 rings (SSSR count). The molecule has 1 aliphatic carbocycles. The van der Waals surface area contributed by atoms with Crippen LogP contribution in [0.3, 0.4) is 0 Å². The fourth-order valence-electron chi connectivity index (χ4n) is 2.94. The van der Waals surface area contributed by atoms with Gasteiger partial charge in [-0.05, 0) is 61.6 Å². The van der Waals surface area contributed by atoms with E-state index in [4.69, 9.17) is 0 Å². The van der Waals surface area contributed by atoms with Gasteiger partial charge in [-0.15, -0.1) is 0 Å². The van der Waals surface area contributed by atoms with Crippen molar-refractivity contribution in [2.75, 3.05) is 0 Å². The zero-order valence-electron chi connectivity index (χ0n) is 13.2. The molecule has 2 aromatic rings. The highest BCUT2D eigenvalue weighted by atomic mass is 19.1. The summed E-state index contributed by atoms with van der Waals surface area (Å²) in [6, 6.07) is 14.5. The van der Waals surface area contributed by atoms with Gasteiger partial charge in [0.1, 0.15) is 5.82 Å². The molecule has 0 atom stereocenters.